The lowest BCUT2D eigenvalue weighted by Gasteiger charge is -2.26. The first-order valence-electron chi connectivity index (χ1n) is 12.7. The highest BCUT2D eigenvalue weighted by molar-refractivity contribution is 9.10. The number of furan rings is 1. The molecule has 0 fully saturated rings. The first-order chi connectivity index (χ1) is 20.6. The van der Waals surface area contributed by atoms with Gasteiger partial charge >= 0.3 is 5.97 Å². The summed E-state index contributed by atoms with van der Waals surface area (Å²) in [4.78, 5) is 43.2. The molecule has 5 rings (SSSR count). The average molecular weight is 689 g/mol. The van der Waals surface area contributed by atoms with Crippen LogP contribution in [0, 0.1) is 10.1 Å². The molecule has 0 bridgehead atoms. The molecular formula is C29H23BrClN3O8S. The summed E-state index contributed by atoms with van der Waals surface area (Å²) >= 11 is 10.6. The van der Waals surface area contributed by atoms with Crippen LogP contribution in [0.5, 0.6) is 11.5 Å². The molecule has 11 nitrogen and oxygen atoms in total. The number of esters is 1. The summed E-state index contributed by atoms with van der Waals surface area (Å²) in [5.74, 6) is 0.771. The molecule has 2 aromatic carbocycles. The summed E-state index contributed by atoms with van der Waals surface area (Å²) in [6.07, 6.45) is 1.53. The van der Waals surface area contributed by atoms with Crippen molar-refractivity contribution >= 4 is 56.6 Å². The van der Waals surface area contributed by atoms with Crippen LogP contribution in [0.4, 0.5) is 5.69 Å². The van der Waals surface area contributed by atoms with Gasteiger partial charge in [0.15, 0.2) is 16.3 Å². The maximum absolute atomic E-state index is 14.0. The van der Waals surface area contributed by atoms with Crippen LogP contribution in [0.3, 0.4) is 0 Å². The number of rotatable bonds is 8. The van der Waals surface area contributed by atoms with Crippen molar-refractivity contribution in [3.63, 3.8) is 0 Å². The Hall–Kier alpha value is -4.20. The second-order valence-electron chi connectivity index (χ2n) is 9.15. The fraction of sp³-hybridized carbons (Fsp3) is 0.207. The number of halogens is 2. The van der Waals surface area contributed by atoms with Crippen LogP contribution in [-0.4, -0.2) is 36.3 Å². The van der Waals surface area contributed by atoms with Crippen LogP contribution in [0.2, 0.25) is 5.02 Å². The van der Waals surface area contributed by atoms with Crippen LogP contribution >= 0.6 is 38.9 Å². The Labute approximate surface area is 261 Å². The predicted molar refractivity (Wildman–Crippen MR) is 163 cm³/mol. The standard InChI is InChI=1S/C29H23BrClN3O8S/c1-5-41-28(36)25-14(2)32-29-33(26(25)18-12-22(39-3)23(40-4)13-19(18)30)27(35)24(43-29)11-16-7-9-21(42-16)17-8-6-15(31)10-20(17)34(37)38/h6-13,26H,5H2,1-4H3/b24-11-/t26-/m1/s1. The Morgan fingerprint density at radius 2 is 1.93 bits per heavy atom. The number of carbonyl (C=O) groups is 1. The number of hydrogen-bond acceptors (Lipinski definition) is 10. The minimum atomic E-state index is -0.907. The zero-order chi connectivity index (χ0) is 31.0. The minimum absolute atomic E-state index is 0.131. The molecule has 0 amide bonds. The van der Waals surface area contributed by atoms with Gasteiger partial charge in [0.05, 0.1) is 53.2 Å². The molecule has 14 heteroatoms. The van der Waals surface area contributed by atoms with Gasteiger partial charge in [-0.1, -0.05) is 38.9 Å². The Kier molecular flexibility index (Phi) is 8.58. The lowest BCUT2D eigenvalue weighted by molar-refractivity contribution is -0.384. The number of nitrogens with zero attached hydrogens (tertiary/aromatic N) is 3. The van der Waals surface area contributed by atoms with Gasteiger partial charge in [0, 0.05) is 21.6 Å². The summed E-state index contributed by atoms with van der Waals surface area (Å²) in [6.45, 7) is 3.51. The maximum Gasteiger partial charge on any atom is 0.338 e. The third-order valence-electron chi connectivity index (χ3n) is 6.64. The van der Waals surface area contributed by atoms with E-state index in [0.29, 0.717) is 32.0 Å². The molecule has 3 heterocycles. The molecular weight excluding hydrogens is 666 g/mol. The fourth-order valence-electron chi connectivity index (χ4n) is 4.73. The number of aromatic nitrogens is 1. The summed E-state index contributed by atoms with van der Waals surface area (Å²) < 4.78 is 24.4. The van der Waals surface area contributed by atoms with Crippen molar-refractivity contribution < 1.29 is 28.3 Å². The summed E-state index contributed by atoms with van der Waals surface area (Å²) in [6, 6.07) is 9.93. The topological polar surface area (TPSA) is 135 Å². The van der Waals surface area contributed by atoms with Crippen molar-refractivity contribution in [2.24, 2.45) is 4.99 Å². The normalized spacial score (nSPS) is 14.7. The minimum Gasteiger partial charge on any atom is -0.493 e. The molecule has 0 N–H and O–H groups in total. The highest BCUT2D eigenvalue weighted by Gasteiger charge is 2.35. The number of allylic oxidation sites excluding steroid dienone is 1. The Morgan fingerprint density at radius 1 is 1.21 bits per heavy atom. The van der Waals surface area contributed by atoms with Gasteiger partial charge in [-0.15, -0.1) is 0 Å². The lowest BCUT2D eigenvalue weighted by Crippen LogP contribution is -2.40. The lowest BCUT2D eigenvalue weighted by atomic mass is 9.95. The van der Waals surface area contributed by atoms with Crippen LogP contribution < -0.4 is 24.4 Å². The maximum atomic E-state index is 14.0. The number of methoxy groups -OCH3 is 2. The van der Waals surface area contributed by atoms with E-state index in [2.05, 4.69) is 20.9 Å². The highest BCUT2D eigenvalue weighted by Crippen LogP contribution is 2.41. The smallest absolute Gasteiger partial charge is 0.338 e. The van der Waals surface area contributed by atoms with E-state index in [1.54, 1.807) is 38.1 Å². The first-order valence-corrected chi connectivity index (χ1v) is 14.7. The van der Waals surface area contributed by atoms with E-state index in [4.69, 9.17) is 30.2 Å². The number of benzene rings is 2. The van der Waals surface area contributed by atoms with Gasteiger partial charge in [-0.3, -0.25) is 19.5 Å². The molecule has 0 spiro atoms. The van der Waals surface area contributed by atoms with Gasteiger partial charge in [-0.05, 0) is 55.8 Å². The average Bonchev–Trinajstić information content (AvgIpc) is 3.56. The van der Waals surface area contributed by atoms with Crippen LogP contribution in [0.25, 0.3) is 17.4 Å². The van der Waals surface area contributed by atoms with E-state index in [-0.39, 0.29) is 44.5 Å². The van der Waals surface area contributed by atoms with Crippen LogP contribution in [-0.2, 0) is 9.53 Å². The molecule has 0 saturated heterocycles. The van der Waals surface area contributed by atoms with Crippen molar-refractivity contribution in [2.75, 3.05) is 20.8 Å². The van der Waals surface area contributed by atoms with Gasteiger partial charge in [0.2, 0.25) is 0 Å². The number of nitro benzene ring substituents is 1. The first kappa shape index (κ1) is 30.3. The number of ether oxygens (including phenoxy) is 3. The Bertz CT molecular complexity index is 1990. The van der Waals surface area contributed by atoms with Crippen molar-refractivity contribution in [3.05, 3.63) is 104 Å². The highest BCUT2D eigenvalue weighted by atomic mass is 79.9. The Morgan fingerprint density at radius 3 is 2.60 bits per heavy atom. The van der Waals surface area contributed by atoms with Gasteiger partial charge in [0.25, 0.3) is 11.2 Å². The number of hydrogen-bond donors (Lipinski definition) is 0. The molecule has 2 aromatic heterocycles. The molecule has 43 heavy (non-hydrogen) atoms. The number of thiazole rings is 1. The number of fused-ring (bicyclic) bond motifs is 1. The predicted octanol–water partition coefficient (Wildman–Crippen LogP) is 5.40. The largest absolute Gasteiger partial charge is 0.493 e. The van der Waals surface area contributed by atoms with Crippen molar-refractivity contribution in [2.45, 2.75) is 19.9 Å². The molecule has 0 aliphatic carbocycles. The molecule has 0 saturated carbocycles. The monoisotopic (exact) mass is 687 g/mol. The van der Waals surface area contributed by atoms with E-state index in [9.17, 15) is 19.7 Å². The van der Waals surface area contributed by atoms with E-state index in [0.717, 1.165) is 11.3 Å². The summed E-state index contributed by atoms with van der Waals surface area (Å²) in [5.41, 5.74) is 0.745. The van der Waals surface area contributed by atoms with Crippen molar-refractivity contribution in [3.8, 4) is 22.8 Å². The van der Waals surface area contributed by atoms with Crippen LogP contribution in [0.1, 0.15) is 31.2 Å². The zero-order valence-corrected chi connectivity index (χ0v) is 26.3. The van der Waals surface area contributed by atoms with Crippen molar-refractivity contribution in [1.82, 2.24) is 4.57 Å². The SMILES string of the molecule is CCOC(=O)C1=C(C)N=c2s/c(=C\c3ccc(-c4ccc(Cl)cc4[N+](=O)[O-])o3)c(=O)n2[C@@H]1c1cc(OC)c(OC)cc1Br. The molecule has 1 aliphatic heterocycles. The fourth-order valence-corrected chi connectivity index (χ4v) is 6.47. The Balaban J connectivity index is 1.68. The zero-order valence-electron chi connectivity index (χ0n) is 23.2. The quantitative estimate of drug-likeness (QED) is 0.136. The molecule has 1 atom stereocenters. The second-order valence-corrected chi connectivity index (χ2v) is 11.5. The molecule has 4 aromatic rings. The second kappa shape index (κ2) is 12.2. The van der Waals surface area contributed by atoms with Gasteiger partial charge in [-0.25, -0.2) is 9.79 Å². The third-order valence-corrected chi connectivity index (χ3v) is 8.54. The third kappa shape index (κ3) is 5.63. The van der Waals surface area contributed by atoms with E-state index in [1.165, 1.54) is 43.1 Å². The molecule has 0 radical (unpaired) electrons. The molecule has 0 unspecified atom stereocenters. The number of nitro groups is 1. The van der Waals surface area contributed by atoms with E-state index < -0.39 is 22.5 Å². The van der Waals surface area contributed by atoms with E-state index >= 15 is 0 Å². The number of carbonyl (C=O) groups excluding carboxylic acids is 1. The van der Waals surface area contributed by atoms with Gasteiger partial charge in [-0.2, -0.15) is 0 Å². The van der Waals surface area contributed by atoms with Gasteiger partial charge in [0.1, 0.15) is 11.5 Å². The van der Waals surface area contributed by atoms with E-state index in [1.807, 2.05) is 0 Å². The molecule has 222 valence electrons. The summed E-state index contributed by atoms with van der Waals surface area (Å²) in [5, 5.41) is 11.8. The molecule has 1 aliphatic rings. The van der Waals surface area contributed by atoms with Gasteiger partial charge < -0.3 is 18.6 Å². The summed E-state index contributed by atoms with van der Waals surface area (Å²) in [7, 11) is 3.00. The van der Waals surface area contributed by atoms with Crippen molar-refractivity contribution in [1.29, 1.82) is 0 Å². The van der Waals surface area contributed by atoms with Crippen LogP contribution in [0.15, 0.2) is 72.4 Å².